The van der Waals surface area contributed by atoms with Crippen molar-refractivity contribution in [1.82, 2.24) is 15.1 Å². The van der Waals surface area contributed by atoms with Gasteiger partial charge in [0.25, 0.3) is 11.5 Å². The molecule has 1 aliphatic carbocycles. The predicted molar refractivity (Wildman–Crippen MR) is 84.2 cm³/mol. The van der Waals surface area contributed by atoms with Gasteiger partial charge in [-0.2, -0.15) is 5.10 Å². The molecular weight excluding hydrogens is 321 g/mol. The highest BCUT2D eigenvalue weighted by Crippen LogP contribution is 2.19. The van der Waals surface area contributed by atoms with E-state index in [2.05, 4.69) is 10.4 Å². The summed E-state index contributed by atoms with van der Waals surface area (Å²) in [5.74, 6) is -1.12. The molecule has 0 radical (unpaired) electrons. The molecule has 1 aliphatic rings. The van der Waals surface area contributed by atoms with Crippen molar-refractivity contribution in [3.63, 3.8) is 0 Å². The van der Waals surface area contributed by atoms with Gasteiger partial charge in [-0.25, -0.2) is 9.07 Å². The number of carbonyl (C=O) groups excluding carboxylic acids is 1. The second-order valence-electron chi connectivity index (χ2n) is 5.62. The Bertz CT molecular complexity index is 835. The minimum absolute atomic E-state index is 0.0783. The molecule has 0 aliphatic heterocycles. The molecule has 1 unspecified atom stereocenters. The fraction of sp³-hybridized carbons (Fsp3) is 0.312. The normalized spacial score (nSPS) is 16.7. The Morgan fingerprint density at radius 1 is 1.43 bits per heavy atom. The summed E-state index contributed by atoms with van der Waals surface area (Å²) < 4.78 is 15.0. The van der Waals surface area contributed by atoms with E-state index in [1.165, 1.54) is 22.9 Å². The van der Waals surface area contributed by atoms with Gasteiger partial charge in [-0.15, -0.1) is 0 Å². The molecule has 2 aromatic rings. The largest absolute Gasteiger partial charge is 0.349 e. The van der Waals surface area contributed by atoms with Crippen molar-refractivity contribution in [2.45, 2.75) is 25.3 Å². The number of carbonyl (C=O) groups is 1. The van der Waals surface area contributed by atoms with Crippen molar-refractivity contribution in [1.29, 1.82) is 0 Å². The monoisotopic (exact) mass is 335 g/mol. The summed E-state index contributed by atoms with van der Waals surface area (Å²) >= 11 is 5.81. The first-order valence-electron chi connectivity index (χ1n) is 7.26. The van der Waals surface area contributed by atoms with E-state index >= 15 is 0 Å². The number of aryl methyl sites for hydroxylation is 2. The number of amides is 1. The number of halogens is 2. The zero-order valence-corrected chi connectivity index (χ0v) is 13.2. The molecule has 7 heteroatoms. The molecule has 0 spiro atoms. The zero-order chi connectivity index (χ0) is 16.6. The highest BCUT2D eigenvalue weighted by molar-refractivity contribution is 6.31. The van der Waals surface area contributed by atoms with Crippen LogP contribution < -0.4 is 10.9 Å². The van der Waals surface area contributed by atoms with Crippen molar-refractivity contribution < 1.29 is 9.18 Å². The van der Waals surface area contributed by atoms with Gasteiger partial charge < -0.3 is 5.32 Å². The molecule has 120 valence electrons. The van der Waals surface area contributed by atoms with Gasteiger partial charge in [0.2, 0.25) is 0 Å². The topological polar surface area (TPSA) is 64.0 Å². The SMILES string of the molecule is Cn1nc2c(cc1=O)CC(NC(=O)c1cc(Cl)ccc1F)CC2. The second-order valence-corrected chi connectivity index (χ2v) is 6.05. The number of fused-ring (bicyclic) bond motifs is 1. The fourth-order valence-electron chi connectivity index (χ4n) is 2.74. The van der Waals surface area contributed by atoms with Gasteiger partial charge in [-0.1, -0.05) is 11.6 Å². The Hall–Kier alpha value is -2.21. The molecule has 0 bridgehead atoms. The van der Waals surface area contributed by atoms with Gasteiger partial charge in [-0.3, -0.25) is 9.59 Å². The lowest BCUT2D eigenvalue weighted by molar-refractivity contribution is 0.0929. The molecule has 0 fully saturated rings. The third-order valence-corrected chi connectivity index (χ3v) is 4.20. The van der Waals surface area contributed by atoms with Crippen LogP contribution in [0.1, 0.15) is 28.0 Å². The first kappa shape index (κ1) is 15.7. The smallest absolute Gasteiger partial charge is 0.266 e. The maximum atomic E-state index is 13.7. The van der Waals surface area contributed by atoms with Gasteiger partial charge in [-0.05, 0) is 43.0 Å². The number of rotatable bonds is 2. The molecule has 5 nitrogen and oxygen atoms in total. The Morgan fingerprint density at radius 2 is 2.22 bits per heavy atom. The van der Waals surface area contributed by atoms with Gasteiger partial charge in [0, 0.05) is 24.2 Å². The molecule has 0 saturated carbocycles. The molecule has 1 atom stereocenters. The quantitative estimate of drug-likeness (QED) is 0.911. The summed E-state index contributed by atoms with van der Waals surface area (Å²) in [6.07, 6.45) is 1.85. The summed E-state index contributed by atoms with van der Waals surface area (Å²) in [6.45, 7) is 0. The van der Waals surface area contributed by atoms with Gasteiger partial charge >= 0.3 is 0 Å². The highest BCUT2D eigenvalue weighted by atomic mass is 35.5. The van der Waals surface area contributed by atoms with E-state index in [1.54, 1.807) is 13.1 Å². The number of nitrogens with zero attached hydrogens (tertiary/aromatic N) is 2. The summed E-state index contributed by atoms with van der Waals surface area (Å²) in [4.78, 5) is 23.9. The third kappa shape index (κ3) is 3.27. The van der Waals surface area contributed by atoms with Crippen molar-refractivity contribution in [3.05, 3.63) is 62.3 Å². The second kappa shape index (κ2) is 6.12. The van der Waals surface area contributed by atoms with Crippen LogP contribution in [0, 0.1) is 5.82 Å². The van der Waals surface area contributed by atoms with E-state index in [0.29, 0.717) is 24.3 Å². The first-order chi connectivity index (χ1) is 10.9. The molecule has 1 aromatic heterocycles. The Kier molecular flexibility index (Phi) is 4.17. The number of aromatic nitrogens is 2. The average Bonchev–Trinajstić information content (AvgIpc) is 2.51. The average molecular weight is 336 g/mol. The van der Waals surface area contributed by atoms with Crippen molar-refractivity contribution in [2.24, 2.45) is 7.05 Å². The van der Waals surface area contributed by atoms with E-state index in [1.807, 2.05) is 0 Å². The molecule has 1 heterocycles. The number of benzene rings is 1. The molecule has 1 amide bonds. The highest BCUT2D eigenvalue weighted by Gasteiger charge is 2.23. The summed E-state index contributed by atoms with van der Waals surface area (Å²) in [5, 5.41) is 7.33. The zero-order valence-electron chi connectivity index (χ0n) is 12.5. The maximum absolute atomic E-state index is 13.7. The molecule has 1 aromatic carbocycles. The summed E-state index contributed by atoms with van der Waals surface area (Å²) in [5.41, 5.74) is 1.43. The first-order valence-corrected chi connectivity index (χ1v) is 7.64. The van der Waals surface area contributed by atoms with Crippen LogP contribution >= 0.6 is 11.6 Å². The van der Waals surface area contributed by atoms with Crippen LogP contribution in [-0.4, -0.2) is 21.7 Å². The minimum Gasteiger partial charge on any atom is -0.349 e. The molecular formula is C16H15ClFN3O2. The van der Waals surface area contributed by atoms with Crippen LogP contribution in [0.5, 0.6) is 0 Å². The number of nitrogens with one attached hydrogen (secondary N) is 1. The number of hydrogen-bond donors (Lipinski definition) is 1. The number of hydrogen-bond acceptors (Lipinski definition) is 3. The van der Waals surface area contributed by atoms with Crippen LogP contribution in [0.4, 0.5) is 4.39 Å². The minimum atomic E-state index is -0.612. The van der Waals surface area contributed by atoms with Gasteiger partial charge in [0.1, 0.15) is 5.82 Å². The van der Waals surface area contributed by atoms with Crippen LogP contribution in [0.3, 0.4) is 0 Å². The van der Waals surface area contributed by atoms with Gasteiger partial charge in [0.15, 0.2) is 0 Å². The van der Waals surface area contributed by atoms with Crippen molar-refractivity contribution in [3.8, 4) is 0 Å². The van der Waals surface area contributed by atoms with E-state index in [-0.39, 0.29) is 17.2 Å². The predicted octanol–water partition coefficient (Wildman–Crippen LogP) is 1.86. The van der Waals surface area contributed by atoms with Crippen LogP contribution in [0.2, 0.25) is 5.02 Å². The van der Waals surface area contributed by atoms with E-state index in [0.717, 1.165) is 11.3 Å². The van der Waals surface area contributed by atoms with E-state index in [9.17, 15) is 14.0 Å². The Morgan fingerprint density at radius 3 is 3.00 bits per heavy atom. The Balaban J connectivity index is 1.77. The lowest BCUT2D eigenvalue weighted by atomic mass is 9.92. The van der Waals surface area contributed by atoms with Crippen LogP contribution in [0.25, 0.3) is 0 Å². The molecule has 0 saturated heterocycles. The summed E-state index contributed by atoms with van der Waals surface area (Å²) in [6, 6.07) is 5.25. The van der Waals surface area contributed by atoms with Crippen molar-refractivity contribution in [2.75, 3.05) is 0 Å². The van der Waals surface area contributed by atoms with Gasteiger partial charge in [0.05, 0.1) is 11.3 Å². The van der Waals surface area contributed by atoms with Crippen LogP contribution in [0.15, 0.2) is 29.1 Å². The van der Waals surface area contributed by atoms with Crippen molar-refractivity contribution >= 4 is 17.5 Å². The van der Waals surface area contributed by atoms with E-state index < -0.39 is 11.7 Å². The lowest BCUT2D eigenvalue weighted by Gasteiger charge is -2.25. The fourth-order valence-corrected chi connectivity index (χ4v) is 2.92. The molecule has 1 N–H and O–H groups in total. The molecule has 23 heavy (non-hydrogen) atoms. The van der Waals surface area contributed by atoms with E-state index in [4.69, 9.17) is 11.6 Å². The third-order valence-electron chi connectivity index (χ3n) is 3.96. The van der Waals surface area contributed by atoms with Crippen LogP contribution in [-0.2, 0) is 19.9 Å². The summed E-state index contributed by atoms with van der Waals surface area (Å²) in [7, 11) is 1.61. The maximum Gasteiger partial charge on any atom is 0.266 e. The standard InChI is InChI=1S/C16H15ClFN3O2/c1-21-15(22)7-9-6-11(3-5-14(9)20-21)19-16(23)12-8-10(17)2-4-13(12)18/h2,4,7-8,11H,3,5-6H2,1H3,(H,19,23). The lowest BCUT2D eigenvalue weighted by Crippen LogP contribution is -2.40. The molecule has 3 rings (SSSR count). The Labute approximate surface area is 137 Å².